The Bertz CT molecular complexity index is 916. The number of hydrogen-bond acceptors (Lipinski definition) is 4. The van der Waals surface area contributed by atoms with Crippen LogP contribution in [0.1, 0.15) is 21.0 Å². The minimum Gasteiger partial charge on any atom is -0.496 e. The molecule has 0 fully saturated rings. The Morgan fingerprint density at radius 3 is 2.59 bits per heavy atom. The number of thiazole rings is 1. The van der Waals surface area contributed by atoms with Gasteiger partial charge in [-0.1, -0.05) is 48.0 Å². The first-order chi connectivity index (χ1) is 13.1. The van der Waals surface area contributed by atoms with Crippen LogP contribution in [0.15, 0.2) is 48.5 Å². The summed E-state index contributed by atoms with van der Waals surface area (Å²) in [7, 11) is 1.66. The number of nitrogens with one attached hydrogen (secondary N) is 1. The largest absolute Gasteiger partial charge is 0.496 e. The second-order valence-electron chi connectivity index (χ2n) is 6.46. The van der Waals surface area contributed by atoms with E-state index in [2.05, 4.69) is 41.5 Å². The molecule has 3 rings (SSSR count). The molecule has 2 aromatic carbocycles. The van der Waals surface area contributed by atoms with Gasteiger partial charge >= 0.3 is 0 Å². The average molecular weight is 381 g/mol. The molecule has 0 saturated carbocycles. The first kappa shape index (κ1) is 19.1. The number of hydrogen-bond donors (Lipinski definition) is 1. The molecule has 1 N–H and O–H groups in total. The number of para-hydroxylation sites is 1. The molecule has 0 aliphatic carbocycles. The minimum absolute atomic E-state index is 0.0157. The maximum atomic E-state index is 12.4. The Morgan fingerprint density at radius 1 is 1.11 bits per heavy atom. The maximum Gasteiger partial charge on any atom is 0.225 e. The topological polar surface area (TPSA) is 51.2 Å². The maximum absolute atomic E-state index is 12.4. The number of carbonyl (C=O) groups is 1. The van der Waals surface area contributed by atoms with Crippen molar-refractivity contribution in [3.05, 3.63) is 69.5 Å². The fraction of sp³-hybridized carbons (Fsp3) is 0.273. The Kier molecular flexibility index (Phi) is 6.24. The number of ether oxygens (including phenoxy) is 1. The summed E-state index contributed by atoms with van der Waals surface area (Å²) in [5.41, 5.74) is 4.27. The molecule has 0 unspecified atom stereocenters. The van der Waals surface area contributed by atoms with Crippen molar-refractivity contribution in [3.8, 4) is 17.0 Å². The fourth-order valence-corrected chi connectivity index (χ4v) is 3.94. The van der Waals surface area contributed by atoms with Gasteiger partial charge in [-0.3, -0.25) is 4.79 Å². The number of rotatable bonds is 7. The van der Waals surface area contributed by atoms with E-state index >= 15 is 0 Å². The molecule has 27 heavy (non-hydrogen) atoms. The Hall–Kier alpha value is -2.66. The van der Waals surface area contributed by atoms with Crippen molar-refractivity contribution in [2.75, 3.05) is 13.7 Å². The van der Waals surface area contributed by atoms with E-state index in [1.54, 1.807) is 18.4 Å². The van der Waals surface area contributed by atoms with Crippen LogP contribution in [0.2, 0.25) is 0 Å². The molecular formula is C22H24N2O2S. The lowest BCUT2D eigenvalue weighted by atomic mass is 10.1. The van der Waals surface area contributed by atoms with E-state index in [9.17, 15) is 4.79 Å². The van der Waals surface area contributed by atoms with Crippen LogP contribution in [0.25, 0.3) is 11.3 Å². The number of benzene rings is 2. The average Bonchev–Trinajstić information content (AvgIpc) is 3.02. The predicted molar refractivity (Wildman–Crippen MR) is 110 cm³/mol. The molecule has 3 aromatic rings. The van der Waals surface area contributed by atoms with E-state index in [-0.39, 0.29) is 5.91 Å². The van der Waals surface area contributed by atoms with Crippen LogP contribution in [0.4, 0.5) is 0 Å². The van der Waals surface area contributed by atoms with E-state index in [1.165, 1.54) is 5.56 Å². The highest BCUT2D eigenvalue weighted by atomic mass is 32.1. The van der Waals surface area contributed by atoms with Gasteiger partial charge in [0.2, 0.25) is 5.91 Å². The zero-order chi connectivity index (χ0) is 19.2. The summed E-state index contributed by atoms with van der Waals surface area (Å²) in [5.74, 6) is 0.869. The molecule has 1 amide bonds. The van der Waals surface area contributed by atoms with Gasteiger partial charge in [0.1, 0.15) is 5.75 Å². The lowest BCUT2D eigenvalue weighted by molar-refractivity contribution is -0.120. The molecule has 1 aromatic heterocycles. The van der Waals surface area contributed by atoms with E-state index in [1.807, 2.05) is 31.2 Å². The molecule has 0 spiro atoms. The van der Waals surface area contributed by atoms with Crippen molar-refractivity contribution in [2.24, 2.45) is 0 Å². The third-order valence-corrected chi connectivity index (χ3v) is 5.33. The van der Waals surface area contributed by atoms with Crippen LogP contribution in [0.3, 0.4) is 0 Å². The molecule has 0 atom stereocenters. The predicted octanol–water partition coefficient (Wildman–Crippen LogP) is 4.34. The van der Waals surface area contributed by atoms with Crippen molar-refractivity contribution in [2.45, 2.75) is 26.7 Å². The summed E-state index contributed by atoms with van der Waals surface area (Å²) in [6.45, 7) is 4.62. The van der Waals surface area contributed by atoms with Crippen LogP contribution in [-0.4, -0.2) is 24.5 Å². The van der Waals surface area contributed by atoms with Gasteiger partial charge in [0.15, 0.2) is 0 Å². The Labute approximate surface area is 164 Å². The van der Waals surface area contributed by atoms with Gasteiger partial charge in [0.25, 0.3) is 0 Å². The van der Waals surface area contributed by atoms with Gasteiger partial charge in [0.05, 0.1) is 24.2 Å². The van der Waals surface area contributed by atoms with Gasteiger partial charge < -0.3 is 10.1 Å². The second-order valence-corrected chi connectivity index (χ2v) is 7.75. The summed E-state index contributed by atoms with van der Waals surface area (Å²) in [5, 5.41) is 3.99. The lowest BCUT2D eigenvalue weighted by Gasteiger charge is -2.09. The van der Waals surface area contributed by atoms with E-state index in [4.69, 9.17) is 4.74 Å². The van der Waals surface area contributed by atoms with Crippen LogP contribution >= 0.6 is 11.3 Å². The first-order valence-corrected chi connectivity index (χ1v) is 9.80. The molecule has 1 heterocycles. The number of methoxy groups -OCH3 is 1. The van der Waals surface area contributed by atoms with Crippen LogP contribution < -0.4 is 10.1 Å². The molecule has 0 bridgehead atoms. The van der Waals surface area contributed by atoms with E-state index in [0.717, 1.165) is 38.9 Å². The van der Waals surface area contributed by atoms with Crippen LogP contribution in [0.5, 0.6) is 5.75 Å². The Morgan fingerprint density at radius 2 is 1.85 bits per heavy atom. The normalized spacial score (nSPS) is 10.6. The molecular weight excluding hydrogens is 356 g/mol. The smallest absolute Gasteiger partial charge is 0.225 e. The number of aryl methyl sites for hydroxylation is 2. The highest BCUT2D eigenvalue weighted by Gasteiger charge is 2.14. The number of amides is 1. The highest BCUT2D eigenvalue weighted by Crippen LogP contribution is 2.28. The van der Waals surface area contributed by atoms with Crippen molar-refractivity contribution in [3.63, 3.8) is 0 Å². The molecule has 0 aliphatic rings. The van der Waals surface area contributed by atoms with Crippen molar-refractivity contribution >= 4 is 17.2 Å². The summed E-state index contributed by atoms with van der Waals surface area (Å²) in [4.78, 5) is 18.1. The van der Waals surface area contributed by atoms with Crippen molar-refractivity contribution in [1.29, 1.82) is 0 Å². The monoisotopic (exact) mass is 380 g/mol. The van der Waals surface area contributed by atoms with E-state index < -0.39 is 0 Å². The van der Waals surface area contributed by atoms with Crippen molar-refractivity contribution in [1.82, 2.24) is 10.3 Å². The molecule has 140 valence electrons. The second kappa shape index (κ2) is 8.82. The van der Waals surface area contributed by atoms with Gasteiger partial charge in [-0.05, 0) is 31.9 Å². The summed E-state index contributed by atoms with van der Waals surface area (Å²) in [6, 6.07) is 16.1. The standard InChI is InChI=1S/C22H24N2O2S/c1-15-8-10-18(11-9-15)22-20(27-16(2)24-22)14-21(25)23-13-12-17-6-4-5-7-19(17)26-3/h4-11H,12-14H2,1-3H3,(H,23,25). The fourth-order valence-electron chi connectivity index (χ4n) is 2.98. The quantitative estimate of drug-likeness (QED) is 0.663. The summed E-state index contributed by atoms with van der Waals surface area (Å²) in [6.07, 6.45) is 1.09. The van der Waals surface area contributed by atoms with Crippen LogP contribution in [0, 0.1) is 13.8 Å². The zero-order valence-electron chi connectivity index (χ0n) is 15.9. The van der Waals surface area contributed by atoms with Crippen molar-refractivity contribution < 1.29 is 9.53 Å². The SMILES string of the molecule is COc1ccccc1CCNC(=O)Cc1sc(C)nc1-c1ccc(C)cc1. The zero-order valence-corrected chi connectivity index (χ0v) is 16.7. The number of aromatic nitrogens is 1. The number of carbonyl (C=O) groups excluding carboxylic acids is 1. The van der Waals surface area contributed by atoms with Gasteiger partial charge in [-0.15, -0.1) is 11.3 Å². The summed E-state index contributed by atoms with van der Waals surface area (Å²) < 4.78 is 5.36. The third-order valence-electron chi connectivity index (χ3n) is 4.36. The summed E-state index contributed by atoms with van der Waals surface area (Å²) >= 11 is 1.59. The molecule has 0 aliphatic heterocycles. The lowest BCUT2D eigenvalue weighted by Crippen LogP contribution is -2.27. The minimum atomic E-state index is 0.0157. The number of nitrogens with zero attached hydrogens (tertiary/aromatic N) is 1. The molecule has 4 nitrogen and oxygen atoms in total. The van der Waals surface area contributed by atoms with Crippen LogP contribution in [-0.2, 0) is 17.6 Å². The molecule has 0 saturated heterocycles. The molecule has 5 heteroatoms. The van der Waals surface area contributed by atoms with Gasteiger partial charge in [0, 0.05) is 17.0 Å². The highest BCUT2D eigenvalue weighted by molar-refractivity contribution is 7.12. The van der Waals surface area contributed by atoms with E-state index in [0.29, 0.717) is 13.0 Å². The Balaban J connectivity index is 1.62. The van der Waals surface area contributed by atoms with Gasteiger partial charge in [-0.25, -0.2) is 4.98 Å². The molecule has 0 radical (unpaired) electrons. The van der Waals surface area contributed by atoms with Gasteiger partial charge in [-0.2, -0.15) is 0 Å². The third kappa shape index (κ3) is 4.95. The first-order valence-electron chi connectivity index (χ1n) is 8.98.